The number of hydrogen-bond acceptors (Lipinski definition) is 3. The van der Waals surface area contributed by atoms with Crippen LogP contribution in [0.1, 0.15) is 26.7 Å². The molecule has 2 atom stereocenters. The second-order valence-electron chi connectivity index (χ2n) is 3.31. The van der Waals surface area contributed by atoms with Crippen molar-refractivity contribution in [1.29, 1.82) is 0 Å². The molecule has 0 saturated heterocycles. The molecule has 2 unspecified atom stereocenters. The van der Waals surface area contributed by atoms with Crippen molar-refractivity contribution < 1.29 is 10.2 Å². The third kappa shape index (κ3) is 5.52. The van der Waals surface area contributed by atoms with Crippen LogP contribution in [0.5, 0.6) is 0 Å². The van der Waals surface area contributed by atoms with Crippen LogP contribution < -0.4 is 5.32 Å². The third-order valence-corrected chi connectivity index (χ3v) is 2.04. The lowest BCUT2D eigenvalue weighted by atomic mass is 10.1. The van der Waals surface area contributed by atoms with Gasteiger partial charge in [-0.25, -0.2) is 0 Å². The van der Waals surface area contributed by atoms with E-state index in [-0.39, 0.29) is 13.2 Å². The van der Waals surface area contributed by atoms with Crippen molar-refractivity contribution in [3.63, 3.8) is 0 Å². The minimum absolute atomic E-state index is 0.225. The number of hydrogen-bond donors (Lipinski definition) is 3. The summed E-state index contributed by atoms with van der Waals surface area (Å²) in [5, 5.41) is 20.8. The smallest absolute Gasteiger partial charge is 0.0468 e. The van der Waals surface area contributed by atoms with Crippen molar-refractivity contribution in [2.45, 2.75) is 32.7 Å². The van der Waals surface area contributed by atoms with Crippen molar-refractivity contribution >= 4 is 0 Å². The monoisotopic (exact) mass is 175 g/mol. The van der Waals surface area contributed by atoms with Crippen LogP contribution in [-0.4, -0.2) is 36.0 Å². The van der Waals surface area contributed by atoms with Crippen LogP contribution in [0.3, 0.4) is 0 Å². The summed E-state index contributed by atoms with van der Waals surface area (Å²) in [5.41, 5.74) is 0. The Labute approximate surface area is 74.8 Å². The molecular weight excluding hydrogens is 154 g/mol. The van der Waals surface area contributed by atoms with Gasteiger partial charge in [0.25, 0.3) is 0 Å². The van der Waals surface area contributed by atoms with Gasteiger partial charge in [0.1, 0.15) is 0 Å². The second-order valence-corrected chi connectivity index (χ2v) is 3.31. The van der Waals surface area contributed by atoms with E-state index in [0.29, 0.717) is 12.0 Å². The Morgan fingerprint density at radius 1 is 1.33 bits per heavy atom. The molecule has 0 aromatic heterocycles. The van der Waals surface area contributed by atoms with Gasteiger partial charge in [0, 0.05) is 25.8 Å². The van der Waals surface area contributed by atoms with Gasteiger partial charge in [0.2, 0.25) is 0 Å². The number of rotatable bonds is 7. The zero-order chi connectivity index (χ0) is 9.40. The molecule has 0 spiro atoms. The van der Waals surface area contributed by atoms with Gasteiger partial charge in [-0.2, -0.15) is 0 Å². The van der Waals surface area contributed by atoms with Gasteiger partial charge in [0.05, 0.1) is 0 Å². The first-order valence-corrected chi connectivity index (χ1v) is 4.69. The van der Waals surface area contributed by atoms with E-state index >= 15 is 0 Å². The zero-order valence-electron chi connectivity index (χ0n) is 8.08. The van der Waals surface area contributed by atoms with Crippen molar-refractivity contribution in [3.8, 4) is 0 Å². The molecule has 0 aromatic rings. The van der Waals surface area contributed by atoms with Crippen LogP contribution >= 0.6 is 0 Å². The van der Waals surface area contributed by atoms with Crippen LogP contribution in [0.25, 0.3) is 0 Å². The molecule has 74 valence electrons. The molecule has 0 heterocycles. The molecule has 3 nitrogen and oxygen atoms in total. The molecule has 0 bridgehead atoms. The van der Waals surface area contributed by atoms with Crippen molar-refractivity contribution in [3.05, 3.63) is 0 Å². The molecule has 0 fully saturated rings. The van der Waals surface area contributed by atoms with Gasteiger partial charge < -0.3 is 15.5 Å². The average Bonchev–Trinajstić information content (AvgIpc) is 2.11. The summed E-state index contributed by atoms with van der Waals surface area (Å²) in [6.45, 7) is 5.38. The van der Waals surface area contributed by atoms with Gasteiger partial charge in [-0.3, -0.25) is 0 Å². The van der Waals surface area contributed by atoms with Gasteiger partial charge in [-0.1, -0.05) is 13.8 Å². The Kier molecular flexibility index (Phi) is 7.45. The minimum Gasteiger partial charge on any atom is -0.396 e. The number of aliphatic hydroxyl groups excluding tert-OH is 2. The summed E-state index contributed by atoms with van der Waals surface area (Å²) in [5.74, 6) is 0.303. The largest absolute Gasteiger partial charge is 0.396 e. The summed E-state index contributed by atoms with van der Waals surface area (Å²) >= 11 is 0. The highest BCUT2D eigenvalue weighted by atomic mass is 16.3. The molecular formula is C9H21NO2. The zero-order valence-corrected chi connectivity index (χ0v) is 8.08. The summed E-state index contributed by atoms with van der Waals surface area (Å²) in [7, 11) is 0. The SMILES string of the molecule is CCC(CCO)NCC(C)CO. The molecule has 0 aliphatic carbocycles. The van der Waals surface area contributed by atoms with Crippen LogP contribution in [0.15, 0.2) is 0 Å². The quantitative estimate of drug-likeness (QED) is 0.524. The summed E-state index contributed by atoms with van der Waals surface area (Å²) < 4.78 is 0. The molecule has 0 aliphatic heterocycles. The Morgan fingerprint density at radius 2 is 2.00 bits per heavy atom. The lowest BCUT2D eigenvalue weighted by Gasteiger charge is -2.17. The maximum Gasteiger partial charge on any atom is 0.0468 e. The molecule has 0 aliphatic rings. The van der Waals surface area contributed by atoms with E-state index in [2.05, 4.69) is 12.2 Å². The molecule has 0 saturated carbocycles. The van der Waals surface area contributed by atoms with E-state index in [1.54, 1.807) is 0 Å². The van der Waals surface area contributed by atoms with Crippen molar-refractivity contribution in [2.75, 3.05) is 19.8 Å². The molecule has 3 N–H and O–H groups in total. The molecule has 0 amide bonds. The molecule has 3 heteroatoms. The Bertz CT molecular complexity index is 98.5. The summed E-state index contributed by atoms with van der Waals surface area (Å²) in [6, 6.07) is 0.393. The van der Waals surface area contributed by atoms with Gasteiger partial charge in [-0.05, 0) is 18.8 Å². The van der Waals surface area contributed by atoms with Crippen LogP contribution in [0.4, 0.5) is 0 Å². The number of aliphatic hydroxyl groups is 2. The Hall–Kier alpha value is -0.120. The first-order chi connectivity index (χ1) is 5.74. The van der Waals surface area contributed by atoms with E-state index in [1.807, 2.05) is 6.92 Å². The standard InChI is InChI=1S/C9H21NO2/c1-3-9(4-5-11)10-6-8(2)7-12/h8-12H,3-7H2,1-2H3. The van der Waals surface area contributed by atoms with Gasteiger partial charge >= 0.3 is 0 Å². The van der Waals surface area contributed by atoms with Gasteiger partial charge in [0.15, 0.2) is 0 Å². The fraction of sp³-hybridized carbons (Fsp3) is 1.00. The predicted molar refractivity (Wildman–Crippen MR) is 50.0 cm³/mol. The third-order valence-electron chi connectivity index (χ3n) is 2.04. The lowest BCUT2D eigenvalue weighted by Crippen LogP contribution is -2.33. The first-order valence-electron chi connectivity index (χ1n) is 4.69. The molecule has 0 radical (unpaired) electrons. The average molecular weight is 175 g/mol. The van der Waals surface area contributed by atoms with E-state index in [1.165, 1.54) is 0 Å². The van der Waals surface area contributed by atoms with E-state index < -0.39 is 0 Å². The van der Waals surface area contributed by atoms with E-state index in [0.717, 1.165) is 19.4 Å². The fourth-order valence-electron chi connectivity index (χ4n) is 1.04. The lowest BCUT2D eigenvalue weighted by molar-refractivity contribution is 0.221. The second kappa shape index (κ2) is 7.53. The predicted octanol–water partition coefficient (Wildman–Crippen LogP) is 0.365. The fourth-order valence-corrected chi connectivity index (χ4v) is 1.04. The van der Waals surface area contributed by atoms with Crippen molar-refractivity contribution in [1.82, 2.24) is 5.32 Å². The van der Waals surface area contributed by atoms with E-state index in [9.17, 15) is 0 Å². The normalized spacial score (nSPS) is 16.0. The highest BCUT2D eigenvalue weighted by molar-refractivity contribution is 4.65. The van der Waals surface area contributed by atoms with Crippen LogP contribution in [-0.2, 0) is 0 Å². The molecule has 12 heavy (non-hydrogen) atoms. The topological polar surface area (TPSA) is 52.5 Å². The highest BCUT2D eigenvalue weighted by Gasteiger charge is 2.06. The van der Waals surface area contributed by atoms with Gasteiger partial charge in [-0.15, -0.1) is 0 Å². The maximum absolute atomic E-state index is 8.76. The Balaban J connectivity index is 3.43. The maximum atomic E-state index is 8.76. The minimum atomic E-state index is 0.225. The van der Waals surface area contributed by atoms with E-state index in [4.69, 9.17) is 10.2 Å². The molecule has 0 aromatic carbocycles. The summed E-state index contributed by atoms with van der Waals surface area (Å²) in [6.07, 6.45) is 1.83. The highest BCUT2D eigenvalue weighted by Crippen LogP contribution is 1.98. The van der Waals surface area contributed by atoms with Crippen LogP contribution in [0.2, 0.25) is 0 Å². The summed E-state index contributed by atoms with van der Waals surface area (Å²) in [4.78, 5) is 0. The van der Waals surface area contributed by atoms with Crippen molar-refractivity contribution in [2.24, 2.45) is 5.92 Å². The molecule has 0 rings (SSSR count). The van der Waals surface area contributed by atoms with Crippen LogP contribution in [0, 0.1) is 5.92 Å². The number of nitrogens with one attached hydrogen (secondary N) is 1. The Morgan fingerprint density at radius 3 is 2.42 bits per heavy atom. The first kappa shape index (κ1) is 11.9.